The van der Waals surface area contributed by atoms with Crippen molar-refractivity contribution in [1.29, 1.82) is 0 Å². The maximum Gasteiger partial charge on any atom is 0.228 e. The normalized spacial score (nSPS) is 12.8. The van der Waals surface area contributed by atoms with E-state index in [2.05, 4.69) is 21.2 Å². The van der Waals surface area contributed by atoms with Gasteiger partial charge in [-0.3, -0.25) is 4.79 Å². The van der Waals surface area contributed by atoms with E-state index in [4.69, 9.17) is 9.47 Å². The van der Waals surface area contributed by atoms with E-state index in [0.29, 0.717) is 36.8 Å². The molecular formula is C16H14BrNO3. The third-order valence-corrected chi connectivity index (χ3v) is 3.77. The zero-order chi connectivity index (χ0) is 14.7. The zero-order valence-electron chi connectivity index (χ0n) is 11.3. The van der Waals surface area contributed by atoms with Crippen LogP contribution in [0.15, 0.2) is 46.9 Å². The first-order valence-electron chi connectivity index (χ1n) is 6.65. The summed E-state index contributed by atoms with van der Waals surface area (Å²) in [5.74, 6) is 1.27. The number of ether oxygens (including phenoxy) is 2. The average molecular weight is 348 g/mol. The van der Waals surface area contributed by atoms with Gasteiger partial charge in [-0.05, 0) is 21.5 Å². The number of amides is 1. The molecule has 1 aliphatic rings. The van der Waals surface area contributed by atoms with Gasteiger partial charge in [-0.15, -0.1) is 0 Å². The summed E-state index contributed by atoms with van der Waals surface area (Å²) in [7, 11) is 0. The first-order valence-corrected chi connectivity index (χ1v) is 7.44. The van der Waals surface area contributed by atoms with Crippen LogP contribution in [0.5, 0.6) is 11.5 Å². The van der Waals surface area contributed by atoms with Crippen molar-refractivity contribution in [2.45, 2.75) is 6.42 Å². The maximum absolute atomic E-state index is 12.1. The molecule has 0 saturated heterocycles. The summed E-state index contributed by atoms with van der Waals surface area (Å²) < 4.78 is 11.8. The quantitative estimate of drug-likeness (QED) is 0.925. The fraction of sp³-hybridized carbons (Fsp3) is 0.188. The summed E-state index contributed by atoms with van der Waals surface area (Å²) in [6, 6.07) is 13.2. The summed E-state index contributed by atoms with van der Waals surface area (Å²) in [5.41, 5.74) is 1.66. The largest absolute Gasteiger partial charge is 0.486 e. The molecule has 0 atom stereocenters. The van der Waals surface area contributed by atoms with Crippen molar-refractivity contribution in [2.24, 2.45) is 0 Å². The van der Waals surface area contributed by atoms with Gasteiger partial charge in [0, 0.05) is 16.6 Å². The van der Waals surface area contributed by atoms with Gasteiger partial charge in [-0.25, -0.2) is 0 Å². The Morgan fingerprint density at radius 3 is 2.48 bits per heavy atom. The predicted octanol–water partition coefficient (Wildman–Crippen LogP) is 3.40. The van der Waals surface area contributed by atoms with Crippen molar-refractivity contribution in [3.05, 3.63) is 52.5 Å². The Labute approximate surface area is 131 Å². The van der Waals surface area contributed by atoms with Crippen molar-refractivity contribution in [1.82, 2.24) is 0 Å². The molecule has 5 heteroatoms. The lowest BCUT2D eigenvalue weighted by molar-refractivity contribution is -0.115. The van der Waals surface area contributed by atoms with Crippen LogP contribution in [-0.2, 0) is 11.2 Å². The summed E-state index contributed by atoms with van der Waals surface area (Å²) >= 11 is 3.44. The number of halogens is 1. The molecule has 0 radical (unpaired) electrons. The number of hydrogen-bond acceptors (Lipinski definition) is 3. The Balaban J connectivity index is 1.74. The van der Waals surface area contributed by atoms with E-state index < -0.39 is 0 Å². The molecule has 2 aromatic rings. The van der Waals surface area contributed by atoms with Crippen molar-refractivity contribution in [2.75, 3.05) is 18.5 Å². The van der Waals surface area contributed by atoms with Crippen LogP contribution < -0.4 is 14.8 Å². The van der Waals surface area contributed by atoms with Gasteiger partial charge in [0.05, 0.1) is 12.1 Å². The molecule has 0 spiro atoms. The lowest BCUT2D eigenvalue weighted by Crippen LogP contribution is -2.17. The number of carbonyl (C=O) groups excluding carboxylic acids is 1. The van der Waals surface area contributed by atoms with E-state index in [-0.39, 0.29) is 5.91 Å². The highest BCUT2D eigenvalue weighted by molar-refractivity contribution is 9.10. The molecule has 4 nitrogen and oxygen atoms in total. The van der Waals surface area contributed by atoms with Crippen LogP contribution in [0.2, 0.25) is 0 Å². The summed E-state index contributed by atoms with van der Waals surface area (Å²) in [4.78, 5) is 12.1. The van der Waals surface area contributed by atoms with E-state index in [1.54, 1.807) is 6.07 Å². The second kappa shape index (κ2) is 6.18. The summed E-state index contributed by atoms with van der Waals surface area (Å²) in [6.45, 7) is 1.06. The van der Waals surface area contributed by atoms with Gasteiger partial charge in [-0.2, -0.15) is 0 Å². The average Bonchev–Trinajstić information content (AvgIpc) is 2.49. The Hall–Kier alpha value is -2.01. The van der Waals surface area contributed by atoms with Crippen molar-refractivity contribution in [3.8, 4) is 11.5 Å². The third kappa shape index (κ3) is 3.36. The first-order chi connectivity index (χ1) is 10.2. The highest BCUT2D eigenvalue weighted by atomic mass is 79.9. The molecule has 0 unspecified atom stereocenters. The minimum absolute atomic E-state index is 0.0708. The second-order valence-corrected chi connectivity index (χ2v) is 5.54. The van der Waals surface area contributed by atoms with Gasteiger partial charge in [0.15, 0.2) is 11.5 Å². The molecule has 1 amide bonds. The minimum atomic E-state index is -0.0708. The van der Waals surface area contributed by atoms with Crippen molar-refractivity contribution < 1.29 is 14.3 Å². The van der Waals surface area contributed by atoms with Crippen LogP contribution in [0.4, 0.5) is 5.69 Å². The van der Waals surface area contributed by atoms with Gasteiger partial charge in [0.1, 0.15) is 13.2 Å². The number of carbonyl (C=O) groups is 1. The van der Waals surface area contributed by atoms with Crippen LogP contribution in [0.3, 0.4) is 0 Å². The molecule has 2 aromatic carbocycles. The lowest BCUT2D eigenvalue weighted by atomic mass is 10.1. The Bertz CT molecular complexity index is 658. The molecule has 21 heavy (non-hydrogen) atoms. The highest BCUT2D eigenvalue weighted by Gasteiger charge is 2.16. The molecule has 0 fully saturated rings. The molecule has 0 saturated carbocycles. The van der Waals surface area contributed by atoms with Gasteiger partial charge in [-0.1, -0.05) is 30.3 Å². The molecule has 0 bridgehead atoms. The van der Waals surface area contributed by atoms with Crippen molar-refractivity contribution >= 4 is 27.5 Å². The highest BCUT2D eigenvalue weighted by Crippen LogP contribution is 2.38. The molecular weight excluding hydrogens is 334 g/mol. The van der Waals surface area contributed by atoms with Gasteiger partial charge in [0.25, 0.3) is 0 Å². The maximum atomic E-state index is 12.1. The van der Waals surface area contributed by atoms with Gasteiger partial charge < -0.3 is 14.8 Å². The number of rotatable bonds is 3. The fourth-order valence-electron chi connectivity index (χ4n) is 2.14. The molecule has 0 aliphatic carbocycles. The van der Waals surface area contributed by atoms with Crippen LogP contribution in [0.1, 0.15) is 5.56 Å². The Kier molecular flexibility index (Phi) is 4.10. The molecule has 1 N–H and O–H groups in total. The van der Waals surface area contributed by atoms with Crippen LogP contribution >= 0.6 is 15.9 Å². The van der Waals surface area contributed by atoms with Crippen LogP contribution in [-0.4, -0.2) is 19.1 Å². The molecule has 108 valence electrons. The molecule has 1 heterocycles. The molecule has 1 aliphatic heterocycles. The van der Waals surface area contributed by atoms with Crippen LogP contribution in [0.25, 0.3) is 0 Å². The van der Waals surface area contributed by atoms with Crippen LogP contribution in [0, 0.1) is 0 Å². The van der Waals surface area contributed by atoms with Crippen molar-refractivity contribution in [3.63, 3.8) is 0 Å². The molecule has 3 rings (SSSR count). The lowest BCUT2D eigenvalue weighted by Gasteiger charge is -2.20. The smallest absolute Gasteiger partial charge is 0.228 e. The van der Waals surface area contributed by atoms with E-state index in [0.717, 1.165) is 10.0 Å². The fourth-order valence-corrected chi connectivity index (χ4v) is 2.56. The monoisotopic (exact) mass is 347 g/mol. The number of nitrogens with one attached hydrogen (secondary N) is 1. The SMILES string of the molecule is O=C(Cc1ccccc1)Nc1cc2c(cc1Br)OCCO2. The molecule has 0 aromatic heterocycles. The van der Waals surface area contributed by atoms with E-state index >= 15 is 0 Å². The van der Waals surface area contributed by atoms with E-state index in [9.17, 15) is 4.79 Å². The van der Waals surface area contributed by atoms with E-state index in [1.807, 2.05) is 36.4 Å². The minimum Gasteiger partial charge on any atom is -0.486 e. The number of hydrogen-bond donors (Lipinski definition) is 1. The zero-order valence-corrected chi connectivity index (χ0v) is 12.9. The van der Waals surface area contributed by atoms with Gasteiger partial charge in [0.2, 0.25) is 5.91 Å². The predicted molar refractivity (Wildman–Crippen MR) is 83.9 cm³/mol. The summed E-state index contributed by atoms with van der Waals surface area (Å²) in [6.07, 6.45) is 0.335. The topological polar surface area (TPSA) is 47.6 Å². The van der Waals surface area contributed by atoms with E-state index in [1.165, 1.54) is 0 Å². The first kappa shape index (κ1) is 13.9. The third-order valence-electron chi connectivity index (χ3n) is 3.11. The number of benzene rings is 2. The second-order valence-electron chi connectivity index (χ2n) is 4.69. The van der Waals surface area contributed by atoms with Gasteiger partial charge >= 0.3 is 0 Å². The standard InChI is InChI=1S/C16H14BrNO3/c17-12-9-14-15(21-7-6-20-14)10-13(12)18-16(19)8-11-4-2-1-3-5-11/h1-5,9-10H,6-8H2,(H,18,19). The number of anilines is 1. The Morgan fingerprint density at radius 1 is 1.10 bits per heavy atom. The summed E-state index contributed by atoms with van der Waals surface area (Å²) in [5, 5.41) is 2.89. The number of fused-ring (bicyclic) bond motifs is 1. The Morgan fingerprint density at radius 2 is 1.76 bits per heavy atom.